The molecule has 2 aromatic rings. The predicted octanol–water partition coefficient (Wildman–Crippen LogP) is 4.63. The molecule has 0 aromatic heterocycles. The molecular formula is C16H15BrO3S. The third-order valence-corrected chi connectivity index (χ3v) is 4.43. The van der Waals surface area contributed by atoms with Gasteiger partial charge in [-0.25, -0.2) is 4.79 Å². The number of hydrogen-bond donors (Lipinski definition) is 1. The quantitative estimate of drug-likeness (QED) is 0.598. The number of carboxylic acids is 1. The molecule has 3 nitrogen and oxygen atoms in total. The summed E-state index contributed by atoms with van der Waals surface area (Å²) < 4.78 is 6.26. The lowest BCUT2D eigenvalue weighted by molar-refractivity contribution is 0.0695. The molecule has 2 rings (SSSR count). The van der Waals surface area contributed by atoms with Crippen molar-refractivity contribution < 1.29 is 14.6 Å². The molecule has 0 saturated carbocycles. The van der Waals surface area contributed by atoms with Crippen LogP contribution in [0.5, 0.6) is 5.75 Å². The minimum Gasteiger partial charge on any atom is -0.493 e. The van der Waals surface area contributed by atoms with E-state index < -0.39 is 5.97 Å². The zero-order valence-corrected chi connectivity index (χ0v) is 13.9. The van der Waals surface area contributed by atoms with Crippen LogP contribution >= 0.6 is 27.7 Å². The van der Waals surface area contributed by atoms with E-state index in [2.05, 4.69) is 15.9 Å². The van der Waals surface area contributed by atoms with E-state index >= 15 is 0 Å². The van der Waals surface area contributed by atoms with Crippen LogP contribution in [0.2, 0.25) is 0 Å². The number of benzene rings is 2. The van der Waals surface area contributed by atoms with Gasteiger partial charge in [-0.1, -0.05) is 12.1 Å². The van der Waals surface area contributed by atoms with Crippen LogP contribution in [0.1, 0.15) is 15.9 Å². The second-order valence-corrected chi connectivity index (χ2v) is 6.48. The highest BCUT2D eigenvalue weighted by molar-refractivity contribution is 9.10. The van der Waals surface area contributed by atoms with Gasteiger partial charge in [0.05, 0.1) is 12.2 Å². The molecule has 0 aliphatic heterocycles. The lowest BCUT2D eigenvalue weighted by Crippen LogP contribution is -2.01. The van der Waals surface area contributed by atoms with Crippen molar-refractivity contribution in [1.29, 1.82) is 0 Å². The minimum atomic E-state index is -0.930. The number of thioether (sulfide) groups is 1. The van der Waals surface area contributed by atoms with Crippen molar-refractivity contribution in [3.8, 4) is 5.75 Å². The predicted molar refractivity (Wildman–Crippen MR) is 88.5 cm³/mol. The first-order valence-electron chi connectivity index (χ1n) is 6.41. The van der Waals surface area contributed by atoms with Gasteiger partial charge in [-0.05, 0) is 58.7 Å². The molecule has 2 aromatic carbocycles. The maximum Gasteiger partial charge on any atom is 0.336 e. The van der Waals surface area contributed by atoms with Gasteiger partial charge >= 0.3 is 5.97 Å². The Morgan fingerprint density at radius 2 is 2.10 bits per heavy atom. The largest absolute Gasteiger partial charge is 0.493 e. The topological polar surface area (TPSA) is 46.5 Å². The van der Waals surface area contributed by atoms with Crippen LogP contribution in [0.4, 0.5) is 0 Å². The smallest absolute Gasteiger partial charge is 0.336 e. The summed E-state index contributed by atoms with van der Waals surface area (Å²) in [5.74, 6) is 0.687. The minimum absolute atomic E-state index is 0.277. The van der Waals surface area contributed by atoms with E-state index in [9.17, 15) is 4.79 Å². The number of hydrogen-bond acceptors (Lipinski definition) is 3. The number of aryl methyl sites for hydroxylation is 1. The highest BCUT2D eigenvalue weighted by Crippen LogP contribution is 2.25. The molecule has 0 heterocycles. The Hall–Kier alpha value is -1.46. The summed E-state index contributed by atoms with van der Waals surface area (Å²) in [6.45, 7) is 2.60. The number of carboxylic acid groups (broad SMARTS) is 1. The van der Waals surface area contributed by atoms with Gasteiger partial charge in [-0.3, -0.25) is 0 Å². The van der Waals surface area contributed by atoms with E-state index in [1.54, 1.807) is 23.9 Å². The Balaban J connectivity index is 1.86. The molecule has 0 atom stereocenters. The molecule has 110 valence electrons. The van der Waals surface area contributed by atoms with Crippen molar-refractivity contribution in [1.82, 2.24) is 0 Å². The van der Waals surface area contributed by atoms with Gasteiger partial charge in [-0.15, -0.1) is 11.8 Å². The fourth-order valence-corrected chi connectivity index (χ4v) is 2.97. The summed E-state index contributed by atoms with van der Waals surface area (Å²) in [7, 11) is 0. The van der Waals surface area contributed by atoms with E-state index in [-0.39, 0.29) is 5.56 Å². The van der Waals surface area contributed by atoms with E-state index in [1.807, 2.05) is 37.3 Å². The lowest BCUT2D eigenvalue weighted by Gasteiger charge is -2.07. The van der Waals surface area contributed by atoms with Crippen molar-refractivity contribution in [3.05, 3.63) is 58.1 Å². The van der Waals surface area contributed by atoms with Crippen LogP contribution in [0.3, 0.4) is 0 Å². The highest BCUT2D eigenvalue weighted by atomic mass is 79.9. The molecule has 21 heavy (non-hydrogen) atoms. The normalized spacial score (nSPS) is 10.4. The highest BCUT2D eigenvalue weighted by Gasteiger charge is 2.09. The van der Waals surface area contributed by atoms with E-state index in [0.717, 1.165) is 16.4 Å². The average molecular weight is 367 g/mol. The molecule has 0 aliphatic carbocycles. The van der Waals surface area contributed by atoms with Crippen LogP contribution in [-0.4, -0.2) is 23.4 Å². The Kier molecular flexibility index (Phi) is 5.70. The molecule has 0 bridgehead atoms. The van der Waals surface area contributed by atoms with E-state index in [0.29, 0.717) is 11.1 Å². The van der Waals surface area contributed by atoms with Gasteiger partial charge in [0.2, 0.25) is 0 Å². The molecule has 5 heteroatoms. The second kappa shape index (κ2) is 7.52. The Morgan fingerprint density at radius 3 is 2.81 bits per heavy atom. The molecule has 0 aliphatic rings. The Labute approximate surface area is 136 Å². The van der Waals surface area contributed by atoms with Crippen LogP contribution in [0, 0.1) is 6.92 Å². The van der Waals surface area contributed by atoms with Crippen LogP contribution < -0.4 is 4.74 Å². The maximum atomic E-state index is 11.1. The Bertz CT molecular complexity index is 643. The summed E-state index contributed by atoms with van der Waals surface area (Å²) in [4.78, 5) is 12.0. The average Bonchev–Trinajstić information content (AvgIpc) is 2.45. The van der Waals surface area contributed by atoms with Crippen LogP contribution in [0.15, 0.2) is 51.8 Å². The molecule has 0 fully saturated rings. The third-order valence-electron chi connectivity index (χ3n) is 2.78. The van der Waals surface area contributed by atoms with Gasteiger partial charge < -0.3 is 9.84 Å². The first kappa shape index (κ1) is 15.9. The van der Waals surface area contributed by atoms with Gasteiger partial charge in [0.25, 0.3) is 0 Å². The summed E-state index contributed by atoms with van der Waals surface area (Å²) in [6.07, 6.45) is 0. The van der Waals surface area contributed by atoms with E-state index in [1.165, 1.54) is 5.56 Å². The number of aromatic carboxylic acids is 1. The molecule has 0 spiro atoms. The first-order chi connectivity index (χ1) is 10.1. The van der Waals surface area contributed by atoms with Gasteiger partial charge in [0.1, 0.15) is 5.75 Å². The van der Waals surface area contributed by atoms with Crippen LogP contribution in [0.25, 0.3) is 0 Å². The van der Waals surface area contributed by atoms with E-state index in [4.69, 9.17) is 9.84 Å². The van der Waals surface area contributed by atoms with Gasteiger partial charge in [-0.2, -0.15) is 0 Å². The fraction of sp³-hybridized carbons (Fsp3) is 0.188. The van der Waals surface area contributed by atoms with Gasteiger partial charge in [0.15, 0.2) is 0 Å². The molecule has 0 saturated heterocycles. The number of ether oxygens (including phenoxy) is 1. The van der Waals surface area contributed by atoms with Crippen molar-refractivity contribution in [2.24, 2.45) is 0 Å². The lowest BCUT2D eigenvalue weighted by atomic mass is 10.2. The molecule has 0 amide bonds. The summed E-state index contributed by atoms with van der Waals surface area (Å²) >= 11 is 4.81. The molecule has 0 unspecified atom stereocenters. The third kappa shape index (κ3) is 4.79. The SMILES string of the molecule is Cc1cccc(OCCSc2ccc(Br)c(C(=O)O)c2)c1. The standard InChI is InChI=1S/C16H15BrO3S/c1-11-3-2-4-12(9-11)20-7-8-21-13-5-6-15(17)14(10-13)16(18)19/h2-6,9-10H,7-8H2,1H3,(H,18,19). The Morgan fingerprint density at radius 1 is 1.29 bits per heavy atom. The molecule has 0 radical (unpaired) electrons. The van der Waals surface area contributed by atoms with Crippen molar-refractivity contribution in [2.45, 2.75) is 11.8 Å². The monoisotopic (exact) mass is 366 g/mol. The second-order valence-electron chi connectivity index (χ2n) is 4.46. The number of carbonyl (C=O) groups is 1. The number of halogens is 1. The fourth-order valence-electron chi connectivity index (χ4n) is 1.78. The maximum absolute atomic E-state index is 11.1. The zero-order valence-electron chi connectivity index (χ0n) is 11.5. The zero-order chi connectivity index (χ0) is 15.2. The van der Waals surface area contributed by atoms with Crippen molar-refractivity contribution in [3.63, 3.8) is 0 Å². The van der Waals surface area contributed by atoms with Crippen molar-refractivity contribution >= 4 is 33.7 Å². The first-order valence-corrected chi connectivity index (χ1v) is 8.19. The summed E-state index contributed by atoms with van der Waals surface area (Å²) in [5, 5.41) is 9.07. The van der Waals surface area contributed by atoms with Gasteiger partial charge in [0, 0.05) is 15.1 Å². The number of rotatable bonds is 6. The summed E-state index contributed by atoms with van der Waals surface area (Å²) in [5.41, 5.74) is 1.44. The van der Waals surface area contributed by atoms with Crippen molar-refractivity contribution in [2.75, 3.05) is 12.4 Å². The molecule has 1 N–H and O–H groups in total. The van der Waals surface area contributed by atoms with Crippen LogP contribution in [-0.2, 0) is 0 Å². The summed E-state index contributed by atoms with van der Waals surface area (Å²) in [6, 6.07) is 13.2. The molecular weight excluding hydrogens is 352 g/mol.